The number of carboxylic acids is 1. The number of hydrogen-bond acceptors (Lipinski definition) is 4. The molecular weight excluding hydrogens is 284 g/mol. The van der Waals surface area contributed by atoms with Crippen molar-refractivity contribution in [1.82, 2.24) is 0 Å². The van der Waals surface area contributed by atoms with Crippen LogP contribution >= 0.6 is 0 Å². The lowest BCUT2D eigenvalue weighted by Gasteiger charge is -2.04. The van der Waals surface area contributed by atoms with Crippen LogP contribution in [0.4, 0.5) is 0 Å². The molecule has 3 N–H and O–H groups in total. The van der Waals surface area contributed by atoms with E-state index in [-0.39, 0.29) is 17.1 Å². The highest BCUT2D eigenvalue weighted by atomic mass is 16.4. The van der Waals surface area contributed by atoms with Crippen LogP contribution in [-0.2, 0) is 4.79 Å². The Morgan fingerprint density at radius 3 is 2.14 bits per heavy atom. The predicted octanol–water partition coefficient (Wildman–Crippen LogP) is 2.76. The van der Waals surface area contributed by atoms with Gasteiger partial charge < -0.3 is 15.3 Å². The zero-order valence-corrected chi connectivity index (χ0v) is 11.8. The van der Waals surface area contributed by atoms with Crippen LogP contribution in [0.2, 0.25) is 0 Å². The first kappa shape index (κ1) is 15.3. The number of hydrogen-bond donors (Lipinski definition) is 3. The first-order chi connectivity index (χ1) is 10.4. The van der Waals surface area contributed by atoms with Crippen molar-refractivity contribution in [3.63, 3.8) is 0 Å². The minimum atomic E-state index is -1.36. The standard InChI is InChI=1S/C17H14O5/c1-10-2-5-12(6-3-10)16(20)13(17(21)22)8-11-4-7-14(18)15(19)9-11/h2-9,18-19H,1H3,(H,21,22)/b13-8-. The highest BCUT2D eigenvalue weighted by Gasteiger charge is 2.19. The molecule has 2 aromatic rings. The summed E-state index contributed by atoms with van der Waals surface area (Å²) in [7, 11) is 0. The fourth-order valence-electron chi connectivity index (χ4n) is 1.88. The van der Waals surface area contributed by atoms with Crippen LogP contribution in [0.1, 0.15) is 21.5 Å². The number of ketones is 1. The second-order valence-corrected chi connectivity index (χ2v) is 4.81. The molecule has 0 fully saturated rings. The topological polar surface area (TPSA) is 94.8 Å². The number of Topliss-reactive ketones (excluding diaryl/α,β-unsaturated/α-hetero) is 1. The maximum absolute atomic E-state index is 12.3. The number of phenols is 2. The van der Waals surface area contributed by atoms with Crippen LogP contribution in [0.5, 0.6) is 11.5 Å². The molecule has 0 saturated carbocycles. The average molecular weight is 298 g/mol. The molecule has 0 amide bonds. The van der Waals surface area contributed by atoms with Gasteiger partial charge in [0.05, 0.1) is 0 Å². The van der Waals surface area contributed by atoms with Gasteiger partial charge in [-0.2, -0.15) is 0 Å². The fraction of sp³-hybridized carbons (Fsp3) is 0.0588. The highest BCUT2D eigenvalue weighted by molar-refractivity contribution is 6.26. The normalized spacial score (nSPS) is 11.2. The molecule has 2 rings (SSSR count). The molecule has 22 heavy (non-hydrogen) atoms. The van der Waals surface area contributed by atoms with Crippen LogP contribution < -0.4 is 0 Å². The van der Waals surface area contributed by atoms with Crippen LogP contribution in [0.25, 0.3) is 6.08 Å². The first-order valence-corrected chi connectivity index (χ1v) is 6.47. The molecule has 0 aromatic heterocycles. The van der Waals surface area contributed by atoms with E-state index in [0.29, 0.717) is 5.56 Å². The summed E-state index contributed by atoms with van der Waals surface area (Å²) < 4.78 is 0. The molecule has 2 aromatic carbocycles. The third-order valence-corrected chi connectivity index (χ3v) is 3.10. The monoisotopic (exact) mass is 298 g/mol. The lowest BCUT2D eigenvalue weighted by atomic mass is 10.00. The molecule has 112 valence electrons. The SMILES string of the molecule is Cc1ccc(C(=O)/C(=C/c2ccc(O)c(O)c2)C(=O)O)cc1. The van der Waals surface area contributed by atoms with Crippen molar-refractivity contribution in [3.05, 3.63) is 64.7 Å². The number of carboxylic acid groups (broad SMARTS) is 1. The minimum absolute atomic E-state index is 0.266. The van der Waals surface area contributed by atoms with E-state index in [2.05, 4.69) is 0 Å². The van der Waals surface area contributed by atoms with Crippen molar-refractivity contribution in [1.29, 1.82) is 0 Å². The van der Waals surface area contributed by atoms with Crippen LogP contribution in [0, 0.1) is 6.92 Å². The Hall–Kier alpha value is -3.08. The van der Waals surface area contributed by atoms with E-state index in [4.69, 9.17) is 0 Å². The number of phenolic OH excluding ortho intramolecular Hbond substituents is 2. The van der Waals surface area contributed by atoms with Gasteiger partial charge in [-0.25, -0.2) is 4.79 Å². The van der Waals surface area contributed by atoms with E-state index in [1.807, 2.05) is 6.92 Å². The molecule has 0 aliphatic carbocycles. The van der Waals surface area contributed by atoms with Gasteiger partial charge in [-0.1, -0.05) is 35.9 Å². The van der Waals surface area contributed by atoms with Gasteiger partial charge >= 0.3 is 5.97 Å². The number of benzene rings is 2. The molecule has 0 radical (unpaired) electrons. The Kier molecular flexibility index (Phi) is 4.27. The number of carbonyl (C=O) groups excluding carboxylic acids is 1. The van der Waals surface area contributed by atoms with Gasteiger partial charge in [0.1, 0.15) is 5.57 Å². The molecule has 0 atom stereocenters. The van der Waals surface area contributed by atoms with Gasteiger partial charge in [0.25, 0.3) is 0 Å². The largest absolute Gasteiger partial charge is 0.504 e. The summed E-state index contributed by atoms with van der Waals surface area (Å²) in [6.45, 7) is 1.86. The Bertz CT molecular complexity index is 757. The number of aromatic hydroxyl groups is 2. The van der Waals surface area contributed by atoms with Crippen molar-refractivity contribution in [3.8, 4) is 11.5 Å². The zero-order chi connectivity index (χ0) is 16.3. The Morgan fingerprint density at radius 1 is 0.955 bits per heavy atom. The first-order valence-electron chi connectivity index (χ1n) is 6.47. The summed E-state index contributed by atoms with van der Waals surface area (Å²) in [6, 6.07) is 10.4. The number of aliphatic carboxylic acids is 1. The maximum Gasteiger partial charge on any atom is 0.339 e. The minimum Gasteiger partial charge on any atom is -0.504 e. The van der Waals surface area contributed by atoms with E-state index >= 15 is 0 Å². The number of rotatable bonds is 4. The summed E-state index contributed by atoms with van der Waals surface area (Å²) in [4.78, 5) is 23.6. The molecular formula is C17H14O5. The third-order valence-electron chi connectivity index (χ3n) is 3.10. The van der Waals surface area contributed by atoms with Gasteiger partial charge in [0.2, 0.25) is 0 Å². The van der Waals surface area contributed by atoms with Crippen LogP contribution in [0.3, 0.4) is 0 Å². The lowest BCUT2D eigenvalue weighted by molar-refractivity contribution is -0.132. The summed E-state index contributed by atoms with van der Waals surface area (Å²) in [5.41, 5.74) is 1.10. The molecule has 0 heterocycles. The summed E-state index contributed by atoms with van der Waals surface area (Å²) >= 11 is 0. The van der Waals surface area contributed by atoms with Gasteiger partial charge in [0, 0.05) is 5.56 Å². The van der Waals surface area contributed by atoms with E-state index < -0.39 is 17.3 Å². The number of aryl methyl sites for hydroxylation is 1. The molecule has 0 aliphatic rings. The smallest absolute Gasteiger partial charge is 0.339 e. The molecule has 0 saturated heterocycles. The summed E-state index contributed by atoms with van der Waals surface area (Å²) in [6.07, 6.45) is 1.16. The third kappa shape index (κ3) is 3.32. The molecule has 0 aliphatic heterocycles. The van der Waals surface area contributed by atoms with Gasteiger partial charge in [0.15, 0.2) is 17.3 Å². The zero-order valence-electron chi connectivity index (χ0n) is 11.8. The van der Waals surface area contributed by atoms with Gasteiger partial charge in [-0.3, -0.25) is 4.79 Å². The summed E-state index contributed by atoms with van der Waals surface area (Å²) in [5.74, 6) is -2.70. The van der Waals surface area contributed by atoms with E-state index in [0.717, 1.165) is 11.6 Å². The van der Waals surface area contributed by atoms with Crippen molar-refractivity contribution in [2.24, 2.45) is 0 Å². The molecule has 0 bridgehead atoms. The van der Waals surface area contributed by atoms with Crippen molar-refractivity contribution in [2.75, 3.05) is 0 Å². The Morgan fingerprint density at radius 2 is 1.59 bits per heavy atom. The Labute approximate surface area is 126 Å². The van der Waals surface area contributed by atoms with Gasteiger partial charge in [-0.15, -0.1) is 0 Å². The quantitative estimate of drug-likeness (QED) is 0.265. The predicted molar refractivity (Wildman–Crippen MR) is 80.9 cm³/mol. The highest BCUT2D eigenvalue weighted by Crippen LogP contribution is 2.26. The van der Waals surface area contributed by atoms with Gasteiger partial charge in [-0.05, 0) is 30.7 Å². The Balaban J connectivity index is 2.43. The fourth-order valence-corrected chi connectivity index (χ4v) is 1.88. The van der Waals surface area contributed by atoms with Crippen molar-refractivity contribution >= 4 is 17.8 Å². The van der Waals surface area contributed by atoms with Crippen molar-refractivity contribution in [2.45, 2.75) is 6.92 Å². The van der Waals surface area contributed by atoms with E-state index in [9.17, 15) is 24.9 Å². The maximum atomic E-state index is 12.3. The lowest BCUT2D eigenvalue weighted by Crippen LogP contribution is -2.12. The molecule has 5 nitrogen and oxygen atoms in total. The van der Waals surface area contributed by atoms with Crippen molar-refractivity contribution < 1.29 is 24.9 Å². The molecule has 0 unspecified atom stereocenters. The molecule has 5 heteroatoms. The second kappa shape index (κ2) is 6.13. The summed E-state index contributed by atoms with van der Waals surface area (Å²) in [5, 5.41) is 27.9. The average Bonchev–Trinajstić information content (AvgIpc) is 2.48. The molecule has 0 spiro atoms. The number of carbonyl (C=O) groups is 2. The second-order valence-electron chi connectivity index (χ2n) is 4.81. The van der Waals surface area contributed by atoms with E-state index in [1.54, 1.807) is 24.3 Å². The van der Waals surface area contributed by atoms with Crippen LogP contribution in [0.15, 0.2) is 48.0 Å². The van der Waals surface area contributed by atoms with Crippen LogP contribution in [-0.4, -0.2) is 27.1 Å². The van der Waals surface area contributed by atoms with E-state index in [1.165, 1.54) is 18.2 Å².